The van der Waals surface area contributed by atoms with Crippen LogP contribution in [0.1, 0.15) is 46.5 Å². The summed E-state index contributed by atoms with van der Waals surface area (Å²) in [5.41, 5.74) is 0. The molecule has 0 aromatic heterocycles. The molecule has 0 radical (unpaired) electrons. The van der Waals surface area contributed by atoms with Gasteiger partial charge in [-0.1, -0.05) is 6.92 Å². The first kappa shape index (κ1) is 18.0. The van der Waals surface area contributed by atoms with Crippen LogP contribution in [0, 0.1) is 5.92 Å². The van der Waals surface area contributed by atoms with Crippen LogP contribution in [0.3, 0.4) is 0 Å². The standard InChI is InChI=1S/C17H31N3O3/c1-4-23-17(22)20-11-9-19(10-12-20)14(3)16(21)18-15-7-5-13(2)6-8-15/h13-15H,4-12H2,1-3H3,(H,18,21). The molecular formula is C17H31N3O3. The van der Waals surface area contributed by atoms with Crippen molar-refractivity contribution in [1.29, 1.82) is 0 Å². The lowest BCUT2D eigenvalue weighted by molar-refractivity contribution is -0.127. The molecule has 1 saturated heterocycles. The van der Waals surface area contributed by atoms with Gasteiger partial charge in [-0.25, -0.2) is 4.79 Å². The van der Waals surface area contributed by atoms with Gasteiger partial charge in [-0.2, -0.15) is 0 Å². The molecule has 1 N–H and O–H groups in total. The number of carbonyl (C=O) groups is 2. The average Bonchev–Trinajstić information content (AvgIpc) is 2.56. The zero-order chi connectivity index (χ0) is 16.8. The lowest BCUT2D eigenvalue weighted by atomic mass is 9.87. The van der Waals surface area contributed by atoms with Crippen molar-refractivity contribution in [3.63, 3.8) is 0 Å². The molecule has 0 bridgehead atoms. The van der Waals surface area contributed by atoms with Crippen LogP contribution in [0.2, 0.25) is 0 Å². The van der Waals surface area contributed by atoms with E-state index in [2.05, 4.69) is 17.1 Å². The van der Waals surface area contributed by atoms with Crippen LogP contribution in [0.4, 0.5) is 4.79 Å². The maximum atomic E-state index is 12.5. The van der Waals surface area contributed by atoms with Gasteiger partial charge >= 0.3 is 6.09 Å². The Hall–Kier alpha value is -1.30. The second kappa shape index (κ2) is 8.52. The Kier molecular flexibility index (Phi) is 6.69. The minimum absolute atomic E-state index is 0.120. The van der Waals surface area contributed by atoms with Crippen molar-refractivity contribution < 1.29 is 14.3 Å². The van der Waals surface area contributed by atoms with E-state index < -0.39 is 0 Å². The average molecular weight is 325 g/mol. The van der Waals surface area contributed by atoms with Gasteiger partial charge in [-0.05, 0) is 45.4 Å². The third-order valence-corrected chi connectivity index (χ3v) is 5.13. The minimum Gasteiger partial charge on any atom is -0.450 e. The Morgan fingerprint density at radius 2 is 1.74 bits per heavy atom. The molecule has 0 aromatic rings. The quantitative estimate of drug-likeness (QED) is 0.857. The third-order valence-electron chi connectivity index (χ3n) is 5.13. The fourth-order valence-corrected chi connectivity index (χ4v) is 3.40. The second-order valence-electron chi connectivity index (χ2n) is 6.86. The first-order chi connectivity index (χ1) is 11.0. The Morgan fingerprint density at radius 3 is 2.30 bits per heavy atom. The zero-order valence-electron chi connectivity index (χ0n) is 14.7. The Balaban J connectivity index is 1.74. The van der Waals surface area contributed by atoms with Crippen LogP contribution in [0.5, 0.6) is 0 Å². The van der Waals surface area contributed by atoms with Gasteiger partial charge in [-0.15, -0.1) is 0 Å². The summed E-state index contributed by atoms with van der Waals surface area (Å²) in [5, 5.41) is 3.20. The van der Waals surface area contributed by atoms with Gasteiger partial charge in [0.05, 0.1) is 12.6 Å². The third kappa shape index (κ3) is 5.09. The molecule has 6 heteroatoms. The largest absolute Gasteiger partial charge is 0.450 e. The van der Waals surface area contributed by atoms with Crippen molar-refractivity contribution in [3.05, 3.63) is 0 Å². The van der Waals surface area contributed by atoms with E-state index in [0.717, 1.165) is 31.8 Å². The lowest BCUT2D eigenvalue weighted by Crippen LogP contribution is -2.56. The van der Waals surface area contributed by atoms with E-state index in [-0.39, 0.29) is 18.0 Å². The van der Waals surface area contributed by atoms with Crippen LogP contribution in [-0.4, -0.2) is 66.7 Å². The van der Waals surface area contributed by atoms with Gasteiger partial charge in [0, 0.05) is 32.2 Å². The van der Waals surface area contributed by atoms with Gasteiger partial charge < -0.3 is 15.0 Å². The fourth-order valence-electron chi connectivity index (χ4n) is 3.40. The normalized spacial score (nSPS) is 27.3. The SMILES string of the molecule is CCOC(=O)N1CCN(C(C)C(=O)NC2CCC(C)CC2)CC1. The van der Waals surface area contributed by atoms with Crippen molar-refractivity contribution in [1.82, 2.24) is 15.1 Å². The number of hydrogen-bond acceptors (Lipinski definition) is 4. The van der Waals surface area contributed by atoms with Crippen LogP contribution in [0.15, 0.2) is 0 Å². The predicted molar refractivity (Wildman–Crippen MR) is 89.2 cm³/mol. The van der Waals surface area contributed by atoms with Gasteiger partial charge in [0.2, 0.25) is 5.91 Å². The number of piperazine rings is 1. The molecule has 1 aliphatic heterocycles. The molecular weight excluding hydrogens is 294 g/mol. The second-order valence-corrected chi connectivity index (χ2v) is 6.86. The van der Waals surface area contributed by atoms with E-state index >= 15 is 0 Å². The molecule has 1 saturated carbocycles. The maximum Gasteiger partial charge on any atom is 0.409 e. The molecule has 2 fully saturated rings. The molecule has 132 valence electrons. The van der Waals surface area contributed by atoms with E-state index in [9.17, 15) is 9.59 Å². The number of ether oxygens (including phenoxy) is 1. The molecule has 6 nitrogen and oxygen atoms in total. The van der Waals surface area contributed by atoms with E-state index in [1.807, 2.05) is 13.8 Å². The Labute approximate surface area is 139 Å². The van der Waals surface area contributed by atoms with Crippen molar-refractivity contribution in [2.24, 2.45) is 5.92 Å². The highest BCUT2D eigenvalue weighted by Gasteiger charge is 2.29. The summed E-state index contributed by atoms with van der Waals surface area (Å²) in [6.45, 7) is 9.13. The molecule has 2 amide bonds. The first-order valence-electron chi connectivity index (χ1n) is 8.97. The van der Waals surface area contributed by atoms with Crippen LogP contribution in [0.25, 0.3) is 0 Å². The Morgan fingerprint density at radius 1 is 1.13 bits per heavy atom. The topological polar surface area (TPSA) is 61.9 Å². The summed E-state index contributed by atoms with van der Waals surface area (Å²) in [6.07, 6.45) is 4.35. The number of carbonyl (C=O) groups excluding carboxylic acids is 2. The number of nitrogens with one attached hydrogen (secondary N) is 1. The molecule has 2 aliphatic rings. The molecule has 0 spiro atoms. The fraction of sp³-hybridized carbons (Fsp3) is 0.882. The first-order valence-corrected chi connectivity index (χ1v) is 8.97. The highest BCUT2D eigenvalue weighted by molar-refractivity contribution is 5.81. The van der Waals surface area contributed by atoms with Gasteiger partial charge in [0.25, 0.3) is 0 Å². The van der Waals surface area contributed by atoms with Gasteiger partial charge in [0.1, 0.15) is 0 Å². The molecule has 1 aliphatic carbocycles. The molecule has 1 atom stereocenters. The molecule has 0 aromatic carbocycles. The van der Waals surface area contributed by atoms with E-state index in [0.29, 0.717) is 25.7 Å². The summed E-state index contributed by atoms with van der Waals surface area (Å²) in [5.74, 6) is 0.908. The van der Waals surface area contributed by atoms with Crippen LogP contribution >= 0.6 is 0 Å². The van der Waals surface area contributed by atoms with Crippen molar-refractivity contribution in [3.8, 4) is 0 Å². The van der Waals surface area contributed by atoms with E-state index in [1.165, 1.54) is 12.8 Å². The van der Waals surface area contributed by atoms with E-state index in [1.54, 1.807) is 4.90 Å². The number of nitrogens with zero attached hydrogens (tertiary/aromatic N) is 2. The lowest BCUT2D eigenvalue weighted by Gasteiger charge is -2.37. The number of rotatable bonds is 4. The molecule has 1 heterocycles. The van der Waals surface area contributed by atoms with E-state index in [4.69, 9.17) is 4.74 Å². The van der Waals surface area contributed by atoms with Gasteiger partial charge in [-0.3, -0.25) is 9.69 Å². The van der Waals surface area contributed by atoms with Crippen LogP contribution in [-0.2, 0) is 9.53 Å². The van der Waals surface area contributed by atoms with Crippen molar-refractivity contribution in [2.75, 3.05) is 32.8 Å². The van der Waals surface area contributed by atoms with Gasteiger partial charge in [0.15, 0.2) is 0 Å². The van der Waals surface area contributed by atoms with Crippen LogP contribution < -0.4 is 5.32 Å². The molecule has 2 rings (SSSR count). The molecule has 1 unspecified atom stereocenters. The summed E-state index contributed by atoms with van der Waals surface area (Å²) >= 11 is 0. The highest BCUT2D eigenvalue weighted by Crippen LogP contribution is 2.23. The number of amides is 2. The minimum atomic E-state index is -0.249. The molecule has 23 heavy (non-hydrogen) atoms. The maximum absolute atomic E-state index is 12.5. The smallest absolute Gasteiger partial charge is 0.409 e. The van der Waals surface area contributed by atoms with Crippen molar-refractivity contribution in [2.45, 2.75) is 58.5 Å². The Bertz CT molecular complexity index is 400. The number of hydrogen-bond donors (Lipinski definition) is 1. The zero-order valence-corrected chi connectivity index (χ0v) is 14.7. The summed E-state index contributed by atoms with van der Waals surface area (Å²) < 4.78 is 5.02. The highest BCUT2D eigenvalue weighted by atomic mass is 16.6. The summed E-state index contributed by atoms with van der Waals surface area (Å²) in [4.78, 5) is 28.0. The predicted octanol–water partition coefficient (Wildman–Crippen LogP) is 1.84. The monoisotopic (exact) mass is 325 g/mol. The van der Waals surface area contributed by atoms with Crippen molar-refractivity contribution >= 4 is 12.0 Å². The summed E-state index contributed by atoms with van der Waals surface area (Å²) in [6, 6.07) is 0.195. The summed E-state index contributed by atoms with van der Waals surface area (Å²) in [7, 11) is 0.